The summed E-state index contributed by atoms with van der Waals surface area (Å²) in [5.74, 6) is 0.805. The molecule has 2 N–H and O–H groups in total. The zero-order valence-corrected chi connectivity index (χ0v) is 15.7. The van der Waals surface area contributed by atoms with Crippen LogP contribution >= 0.6 is 0 Å². The Balaban J connectivity index is 1.76. The fourth-order valence-corrected chi connectivity index (χ4v) is 4.28. The maximum atomic E-state index is 11.1. The summed E-state index contributed by atoms with van der Waals surface area (Å²) < 4.78 is 0. The summed E-state index contributed by atoms with van der Waals surface area (Å²) in [6, 6.07) is 20.1. The van der Waals surface area contributed by atoms with E-state index in [0.717, 1.165) is 54.9 Å². The van der Waals surface area contributed by atoms with E-state index in [9.17, 15) is 4.91 Å². The Morgan fingerprint density at radius 2 is 1.69 bits per heavy atom. The summed E-state index contributed by atoms with van der Waals surface area (Å²) in [6.07, 6.45) is 1.99. The lowest BCUT2D eigenvalue weighted by molar-refractivity contribution is 1.34. The van der Waals surface area contributed by atoms with Gasteiger partial charge in [0.2, 0.25) is 0 Å². The number of imidazole rings is 1. The minimum absolute atomic E-state index is 0.410. The average Bonchev–Trinajstić information content (AvgIpc) is 3.37. The van der Waals surface area contributed by atoms with Crippen molar-refractivity contribution in [3.63, 3.8) is 0 Å². The highest BCUT2D eigenvalue weighted by molar-refractivity contribution is 6.33. The van der Waals surface area contributed by atoms with Crippen LogP contribution in [0.15, 0.2) is 72.0 Å². The first-order chi connectivity index (χ1) is 14.2. The van der Waals surface area contributed by atoms with Crippen molar-refractivity contribution in [1.82, 2.24) is 15.0 Å². The molecule has 136 valence electrons. The second kappa shape index (κ2) is 5.78. The van der Waals surface area contributed by atoms with E-state index in [1.807, 2.05) is 30.5 Å². The number of benzene rings is 4. The molecule has 0 radical (unpaired) electrons. The minimum Gasteiger partial charge on any atom is -0.360 e. The monoisotopic (exact) mass is 374 g/mol. The molecular weight excluding hydrogens is 359 g/mol. The van der Waals surface area contributed by atoms with Crippen molar-refractivity contribution >= 4 is 62.5 Å². The Labute approximate surface area is 166 Å². The van der Waals surface area contributed by atoms with Gasteiger partial charge in [0.15, 0.2) is 0 Å². The molecule has 0 spiro atoms. The molecule has 5 nitrogen and oxygen atoms in total. The van der Waals surface area contributed by atoms with E-state index in [4.69, 9.17) is 4.98 Å². The highest BCUT2D eigenvalue weighted by atomic mass is 16.3. The SMILES string of the molecule is Bc1ccc2[nH]cc(-c3nc4c5ccccc5c5ccc(N=O)cc5c4[nH]3)c2c1. The van der Waals surface area contributed by atoms with Crippen molar-refractivity contribution in [1.29, 1.82) is 0 Å². The molecule has 0 bridgehead atoms. The van der Waals surface area contributed by atoms with Crippen LogP contribution in [0, 0.1) is 4.91 Å². The Morgan fingerprint density at radius 1 is 0.862 bits per heavy atom. The van der Waals surface area contributed by atoms with Crippen LogP contribution in [0.5, 0.6) is 0 Å². The molecule has 0 aliphatic carbocycles. The lowest BCUT2D eigenvalue weighted by atomic mass is 9.94. The minimum atomic E-state index is 0.410. The van der Waals surface area contributed by atoms with Gasteiger partial charge >= 0.3 is 0 Å². The summed E-state index contributed by atoms with van der Waals surface area (Å²) >= 11 is 0. The molecule has 0 saturated heterocycles. The smallest absolute Gasteiger partial charge is 0.140 e. The number of nitrogens with zero attached hydrogens (tertiary/aromatic N) is 2. The molecule has 0 aliphatic rings. The number of fused-ring (bicyclic) bond motifs is 7. The Bertz CT molecular complexity index is 1600. The van der Waals surface area contributed by atoms with E-state index in [-0.39, 0.29) is 0 Å². The first kappa shape index (κ1) is 16.1. The van der Waals surface area contributed by atoms with Crippen LogP contribution < -0.4 is 5.46 Å². The molecule has 0 amide bonds. The third-order valence-corrected chi connectivity index (χ3v) is 5.65. The quantitative estimate of drug-likeness (QED) is 0.263. The third kappa shape index (κ3) is 2.26. The van der Waals surface area contributed by atoms with Crippen LogP contribution in [0.1, 0.15) is 0 Å². The molecule has 6 rings (SSSR count). The fraction of sp³-hybridized carbons (Fsp3) is 0. The van der Waals surface area contributed by atoms with Crippen molar-refractivity contribution in [3.8, 4) is 11.4 Å². The van der Waals surface area contributed by atoms with Gasteiger partial charge in [-0.15, -0.1) is 4.91 Å². The normalized spacial score (nSPS) is 11.7. The largest absolute Gasteiger partial charge is 0.360 e. The van der Waals surface area contributed by atoms with Crippen LogP contribution in [0.4, 0.5) is 5.69 Å². The van der Waals surface area contributed by atoms with Crippen molar-refractivity contribution in [2.24, 2.45) is 5.18 Å². The average molecular weight is 374 g/mol. The summed E-state index contributed by atoms with van der Waals surface area (Å²) in [5.41, 5.74) is 5.53. The van der Waals surface area contributed by atoms with E-state index < -0.39 is 0 Å². The van der Waals surface area contributed by atoms with E-state index in [2.05, 4.69) is 53.3 Å². The predicted octanol–water partition coefficient (Wildman–Crippen LogP) is 4.67. The number of nitrogens with one attached hydrogen (secondary N) is 2. The maximum absolute atomic E-state index is 11.1. The molecule has 0 unspecified atom stereocenters. The molecule has 2 heterocycles. The lowest BCUT2D eigenvalue weighted by Crippen LogP contribution is -1.99. The lowest BCUT2D eigenvalue weighted by Gasteiger charge is -2.06. The summed E-state index contributed by atoms with van der Waals surface area (Å²) in [7, 11) is 2.09. The van der Waals surface area contributed by atoms with Gasteiger partial charge in [0.05, 0.1) is 11.0 Å². The van der Waals surface area contributed by atoms with Crippen LogP contribution in [0.25, 0.3) is 54.9 Å². The van der Waals surface area contributed by atoms with E-state index in [1.54, 1.807) is 6.07 Å². The molecule has 6 aromatic rings. The molecule has 2 aromatic heterocycles. The van der Waals surface area contributed by atoms with Gasteiger partial charge in [-0.1, -0.05) is 47.9 Å². The Kier molecular flexibility index (Phi) is 3.21. The molecule has 0 fully saturated rings. The molecule has 6 heteroatoms. The van der Waals surface area contributed by atoms with Crippen molar-refractivity contribution in [2.45, 2.75) is 0 Å². The van der Waals surface area contributed by atoms with Gasteiger partial charge in [-0.2, -0.15) is 0 Å². The van der Waals surface area contributed by atoms with Gasteiger partial charge in [-0.25, -0.2) is 4.98 Å². The van der Waals surface area contributed by atoms with E-state index in [1.165, 1.54) is 5.46 Å². The van der Waals surface area contributed by atoms with Crippen LogP contribution in [0.2, 0.25) is 0 Å². The number of rotatable bonds is 2. The van der Waals surface area contributed by atoms with E-state index in [0.29, 0.717) is 5.69 Å². The van der Waals surface area contributed by atoms with Gasteiger partial charge in [-0.3, -0.25) is 0 Å². The number of nitroso groups, excluding NO2 is 1. The van der Waals surface area contributed by atoms with Crippen molar-refractivity contribution < 1.29 is 0 Å². The van der Waals surface area contributed by atoms with Gasteiger partial charge in [0.25, 0.3) is 0 Å². The predicted molar refractivity (Wildman–Crippen MR) is 122 cm³/mol. The first-order valence-corrected chi connectivity index (χ1v) is 9.48. The standard InChI is InChI=1S/C23H15BN4O/c24-12-5-8-20-17(9-12)19(11-25-20)23-26-21-16-4-2-1-3-14(16)15-7-6-13(28-29)10-18(15)22(21)27-23/h1-11,25H,24H2,(H,26,27). The van der Waals surface area contributed by atoms with Crippen LogP contribution in [0.3, 0.4) is 0 Å². The molecular formula is C23H15BN4O. The maximum Gasteiger partial charge on any atom is 0.140 e. The van der Waals surface area contributed by atoms with E-state index >= 15 is 0 Å². The topological polar surface area (TPSA) is 73.9 Å². The molecule has 4 aromatic carbocycles. The van der Waals surface area contributed by atoms with Gasteiger partial charge < -0.3 is 9.97 Å². The highest BCUT2D eigenvalue weighted by Gasteiger charge is 2.16. The number of hydrogen-bond acceptors (Lipinski definition) is 3. The number of H-pyrrole nitrogens is 2. The number of aromatic nitrogens is 3. The van der Waals surface area contributed by atoms with Gasteiger partial charge in [-0.05, 0) is 34.1 Å². The second-order valence-corrected chi connectivity index (χ2v) is 7.43. The summed E-state index contributed by atoms with van der Waals surface area (Å²) in [5, 5.41) is 8.48. The Hall–Kier alpha value is -3.93. The highest BCUT2D eigenvalue weighted by Crippen LogP contribution is 2.37. The van der Waals surface area contributed by atoms with Crippen molar-refractivity contribution in [2.75, 3.05) is 0 Å². The molecule has 0 saturated carbocycles. The first-order valence-electron chi connectivity index (χ1n) is 9.48. The zero-order valence-electron chi connectivity index (χ0n) is 15.7. The summed E-state index contributed by atoms with van der Waals surface area (Å²) in [4.78, 5) is 23.0. The molecule has 0 atom stereocenters. The van der Waals surface area contributed by atoms with Gasteiger partial charge in [0.1, 0.15) is 19.4 Å². The molecule has 0 aliphatic heterocycles. The third-order valence-electron chi connectivity index (χ3n) is 5.65. The molecule has 29 heavy (non-hydrogen) atoms. The van der Waals surface area contributed by atoms with Crippen molar-refractivity contribution in [3.05, 3.63) is 71.8 Å². The second-order valence-electron chi connectivity index (χ2n) is 7.43. The zero-order chi connectivity index (χ0) is 19.5. The fourth-order valence-electron chi connectivity index (χ4n) is 4.28. The Morgan fingerprint density at radius 3 is 2.55 bits per heavy atom. The summed E-state index contributed by atoms with van der Waals surface area (Å²) in [6.45, 7) is 0. The van der Waals surface area contributed by atoms with Crippen LogP contribution in [-0.4, -0.2) is 22.8 Å². The van der Waals surface area contributed by atoms with Crippen LogP contribution in [-0.2, 0) is 0 Å². The number of aromatic amines is 2. The van der Waals surface area contributed by atoms with Gasteiger partial charge in [0, 0.05) is 33.4 Å². The number of hydrogen-bond donors (Lipinski definition) is 2.